The topological polar surface area (TPSA) is 83.4 Å². The van der Waals surface area contributed by atoms with Gasteiger partial charge in [0, 0.05) is 21.1 Å². The maximum atomic E-state index is 8.66. The molecular formula is HMoNiO4P. The van der Waals surface area contributed by atoms with E-state index in [2.05, 4.69) is 0 Å². The predicted octanol–water partition coefficient (Wildman–Crippen LogP) is -2.20. The molecule has 0 saturated heterocycles. The average Bonchev–Trinajstić information content (AvgIpc) is 0.722. The summed E-state index contributed by atoms with van der Waals surface area (Å²) in [6.45, 7) is 0. The molecule has 0 rings (SSSR count). The van der Waals surface area contributed by atoms with Gasteiger partial charge in [0.2, 0.25) is 0 Å². The van der Waals surface area contributed by atoms with Crippen molar-refractivity contribution in [1.82, 2.24) is 0 Å². The van der Waals surface area contributed by atoms with E-state index in [-0.39, 0.29) is 37.6 Å². The standard InChI is InChI=1S/Mo.Ni.H3O4P/c;;1-5(2,3)4/h;;(H3,1,2,3,4)/q;+2;/p-2. The fraction of sp³-hybridized carbons (Fsp3) is 0. The van der Waals surface area contributed by atoms with Gasteiger partial charge in [-0.05, 0) is 0 Å². The molecule has 0 spiro atoms. The molecule has 0 radical (unpaired) electrons. The SMILES string of the molecule is O=P([O-])([O-])O.[Mo].[Ni+2]. The van der Waals surface area contributed by atoms with E-state index in [4.69, 9.17) is 19.2 Å². The summed E-state index contributed by atoms with van der Waals surface area (Å²) in [6.07, 6.45) is 0. The van der Waals surface area contributed by atoms with E-state index in [0.29, 0.717) is 0 Å². The second-order valence-electron chi connectivity index (χ2n) is 0.469. The van der Waals surface area contributed by atoms with Crippen LogP contribution in [0.4, 0.5) is 0 Å². The van der Waals surface area contributed by atoms with Gasteiger partial charge in [0.15, 0.2) is 0 Å². The van der Waals surface area contributed by atoms with Crippen LogP contribution in [0.15, 0.2) is 0 Å². The van der Waals surface area contributed by atoms with Crippen LogP contribution < -0.4 is 9.79 Å². The van der Waals surface area contributed by atoms with Crippen molar-refractivity contribution in [2.24, 2.45) is 0 Å². The van der Waals surface area contributed by atoms with Crippen LogP contribution in [-0.2, 0) is 42.1 Å². The zero-order chi connectivity index (χ0) is 4.50. The molecule has 0 saturated carbocycles. The Morgan fingerprint density at radius 1 is 1.43 bits per heavy atom. The molecule has 0 fully saturated rings. The molecule has 0 amide bonds. The Morgan fingerprint density at radius 2 is 1.43 bits per heavy atom. The van der Waals surface area contributed by atoms with Crippen molar-refractivity contribution in [3.63, 3.8) is 0 Å². The fourth-order valence-corrected chi connectivity index (χ4v) is 0. The maximum absolute atomic E-state index is 8.66. The van der Waals surface area contributed by atoms with Gasteiger partial charge < -0.3 is 19.2 Å². The molecule has 7 heavy (non-hydrogen) atoms. The summed E-state index contributed by atoms with van der Waals surface area (Å²) in [5, 5.41) is 0. The zero-order valence-electron chi connectivity index (χ0n) is 2.84. The third-order valence-corrected chi connectivity index (χ3v) is 0. The van der Waals surface area contributed by atoms with Crippen molar-refractivity contribution in [2.75, 3.05) is 0 Å². The molecular weight excluding hydrogens is 250 g/mol. The van der Waals surface area contributed by atoms with Crippen molar-refractivity contribution in [3.05, 3.63) is 0 Å². The van der Waals surface area contributed by atoms with Gasteiger partial charge in [-0.15, -0.1) is 0 Å². The summed E-state index contributed by atoms with van der Waals surface area (Å²) in [6, 6.07) is 0. The van der Waals surface area contributed by atoms with Crippen molar-refractivity contribution in [3.8, 4) is 0 Å². The normalized spacial score (nSPS) is 8.43. The molecule has 0 unspecified atom stereocenters. The minimum atomic E-state index is -5.14. The van der Waals surface area contributed by atoms with Crippen LogP contribution in [0.2, 0.25) is 0 Å². The van der Waals surface area contributed by atoms with Crippen LogP contribution in [-0.4, -0.2) is 4.89 Å². The largest absolute Gasteiger partial charge is 2.00 e. The van der Waals surface area contributed by atoms with Crippen LogP contribution >= 0.6 is 7.82 Å². The summed E-state index contributed by atoms with van der Waals surface area (Å²) < 4.78 is 8.66. The van der Waals surface area contributed by atoms with Crippen LogP contribution in [0.1, 0.15) is 0 Å². The van der Waals surface area contributed by atoms with Gasteiger partial charge in [0.05, 0.1) is 7.82 Å². The Kier molecular flexibility index (Phi) is 12.2. The van der Waals surface area contributed by atoms with Crippen LogP contribution in [0, 0.1) is 0 Å². The molecule has 0 heterocycles. The van der Waals surface area contributed by atoms with E-state index >= 15 is 0 Å². The molecule has 46 valence electrons. The first kappa shape index (κ1) is 15.7. The van der Waals surface area contributed by atoms with Crippen LogP contribution in [0.3, 0.4) is 0 Å². The summed E-state index contributed by atoms with van der Waals surface area (Å²) in [5.41, 5.74) is 0. The maximum Gasteiger partial charge on any atom is 2.00 e. The molecule has 0 aromatic carbocycles. The molecule has 0 aliphatic carbocycles. The summed E-state index contributed by atoms with van der Waals surface area (Å²) in [5.74, 6) is 0. The summed E-state index contributed by atoms with van der Waals surface area (Å²) >= 11 is 0. The second kappa shape index (κ2) is 5.43. The predicted molar refractivity (Wildman–Crippen MR) is 9.83 cm³/mol. The Bertz CT molecular complexity index is 57.8. The van der Waals surface area contributed by atoms with E-state index < -0.39 is 7.82 Å². The average molecular weight is 251 g/mol. The third kappa shape index (κ3) is 122. The van der Waals surface area contributed by atoms with Gasteiger partial charge in [-0.25, -0.2) is 0 Å². The van der Waals surface area contributed by atoms with E-state index in [1.807, 2.05) is 0 Å². The minimum Gasteiger partial charge on any atom is -0.790 e. The molecule has 0 aromatic rings. The molecule has 7 heteroatoms. The third-order valence-electron chi connectivity index (χ3n) is 0. The molecule has 1 N–H and O–H groups in total. The van der Waals surface area contributed by atoms with Crippen molar-refractivity contribution in [1.29, 1.82) is 0 Å². The van der Waals surface area contributed by atoms with Crippen LogP contribution in [0.25, 0.3) is 0 Å². The molecule has 4 nitrogen and oxygen atoms in total. The second-order valence-corrected chi connectivity index (χ2v) is 1.41. The number of phosphoric acid groups is 1. The van der Waals surface area contributed by atoms with Gasteiger partial charge in [0.1, 0.15) is 0 Å². The molecule has 0 atom stereocenters. The molecule has 0 aliphatic rings. The van der Waals surface area contributed by atoms with Crippen molar-refractivity contribution >= 4 is 7.82 Å². The molecule has 0 aromatic heterocycles. The molecule has 0 aliphatic heterocycles. The molecule has 0 bridgehead atoms. The van der Waals surface area contributed by atoms with E-state index in [1.165, 1.54) is 0 Å². The first-order valence-electron chi connectivity index (χ1n) is 0.748. The number of hydrogen-bond acceptors (Lipinski definition) is 3. The number of rotatable bonds is 0. The van der Waals surface area contributed by atoms with Gasteiger partial charge in [-0.2, -0.15) is 0 Å². The number of hydrogen-bond donors (Lipinski definition) is 1. The zero-order valence-corrected chi connectivity index (χ0v) is 6.73. The smallest absolute Gasteiger partial charge is 0.790 e. The van der Waals surface area contributed by atoms with E-state index in [0.717, 1.165) is 0 Å². The first-order valence-corrected chi connectivity index (χ1v) is 2.24. The summed E-state index contributed by atoms with van der Waals surface area (Å²) in [7, 11) is -5.14. The Labute approximate surface area is 64.7 Å². The van der Waals surface area contributed by atoms with E-state index in [1.54, 1.807) is 0 Å². The van der Waals surface area contributed by atoms with E-state index in [9.17, 15) is 0 Å². The first-order chi connectivity index (χ1) is 2.00. The minimum absolute atomic E-state index is 0. The Morgan fingerprint density at radius 3 is 1.43 bits per heavy atom. The Balaban J connectivity index is -0.0000000800. The van der Waals surface area contributed by atoms with Crippen LogP contribution in [0.5, 0.6) is 0 Å². The monoisotopic (exact) mass is 252 g/mol. The van der Waals surface area contributed by atoms with Crippen molar-refractivity contribution in [2.45, 2.75) is 0 Å². The van der Waals surface area contributed by atoms with Gasteiger partial charge in [-0.1, -0.05) is 0 Å². The Hall–Kier alpha value is 1.29. The van der Waals surface area contributed by atoms with Gasteiger partial charge >= 0.3 is 16.5 Å². The quantitative estimate of drug-likeness (QED) is 0.391. The van der Waals surface area contributed by atoms with Gasteiger partial charge in [-0.3, -0.25) is 0 Å². The van der Waals surface area contributed by atoms with Gasteiger partial charge in [0.25, 0.3) is 0 Å². The fourth-order valence-electron chi connectivity index (χ4n) is 0. The summed E-state index contributed by atoms with van der Waals surface area (Å²) in [4.78, 5) is 24.3. The van der Waals surface area contributed by atoms with Crippen molar-refractivity contribution < 1.29 is 56.8 Å².